The highest BCUT2D eigenvalue weighted by molar-refractivity contribution is 6.24. The molecule has 6 atom stereocenters. The maximum Gasteiger partial charge on any atom is 0.423 e. The molecule has 6 rings (SSSR count). The van der Waals surface area contributed by atoms with Crippen LogP contribution < -0.4 is 4.90 Å². The third-order valence-electron chi connectivity index (χ3n) is 8.95. The van der Waals surface area contributed by atoms with Crippen LogP contribution in [0.1, 0.15) is 31.2 Å². The highest BCUT2D eigenvalue weighted by Gasteiger charge is 2.68. The number of phenols is 1. The number of benzene rings is 2. The largest absolute Gasteiger partial charge is 0.505 e. The molecule has 0 radical (unpaired) electrons. The maximum atomic E-state index is 14.7. The number of fused-ring (bicyclic) bond motifs is 4. The minimum absolute atomic E-state index is 0.0997. The Morgan fingerprint density at radius 1 is 1.03 bits per heavy atom. The molecule has 3 fully saturated rings. The number of halogens is 1. The molecule has 2 aliphatic heterocycles. The summed E-state index contributed by atoms with van der Waals surface area (Å²) in [7, 11) is 1.08. The van der Waals surface area contributed by atoms with Gasteiger partial charge in [-0.05, 0) is 55.5 Å². The van der Waals surface area contributed by atoms with Crippen LogP contribution in [0.5, 0.6) is 5.75 Å². The average molecular weight is 533 g/mol. The SMILES string of the molecule is COC(=O)N1C(=O)C2CC=C3C(CC4C(=O)N(c5ccccc5)C(=O)C4(C)C3c3ccc(O)c(F)c3)C2C1=O. The first kappa shape index (κ1) is 25.0. The summed E-state index contributed by atoms with van der Waals surface area (Å²) in [5.41, 5.74) is 0.0746. The van der Waals surface area contributed by atoms with Crippen molar-refractivity contribution in [3.63, 3.8) is 0 Å². The third-order valence-corrected chi connectivity index (χ3v) is 8.95. The first-order valence-electron chi connectivity index (χ1n) is 12.7. The van der Waals surface area contributed by atoms with Crippen molar-refractivity contribution >= 4 is 35.4 Å². The lowest BCUT2D eigenvalue weighted by Crippen LogP contribution is -2.49. The number of aromatic hydroxyl groups is 1. The lowest BCUT2D eigenvalue weighted by Gasteiger charge is -2.49. The zero-order valence-corrected chi connectivity index (χ0v) is 21.2. The van der Waals surface area contributed by atoms with Crippen molar-refractivity contribution < 1.29 is 38.2 Å². The van der Waals surface area contributed by atoms with Crippen LogP contribution in [0.2, 0.25) is 0 Å². The monoisotopic (exact) mass is 532 g/mol. The first-order chi connectivity index (χ1) is 18.6. The fraction of sp³-hybridized carbons (Fsp3) is 0.345. The summed E-state index contributed by atoms with van der Waals surface area (Å²) in [5, 5.41) is 9.85. The van der Waals surface area contributed by atoms with Gasteiger partial charge in [-0.15, -0.1) is 0 Å². The van der Waals surface area contributed by atoms with Gasteiger partial charge in [0.15, 0.2) is 11.6 Å². The molecule has 1 N–H and O–H groups in total. The van der Waals surface area contributed by atoms with Crippen LogP contribution in [-0.2, 0) is 23.9 Å². The number of anilines is 1. The summed E-state index contributed by atoms with van der Waals surface area (Å²) in [4.78, 5) is 68.6. The fourth-order valence-corrected chi connectivity index (χ4v) is 7.19. The Hall–Kier alpha value is -4.34. The van der Waals surface area contributed by atoms with Crippen molar-refractivity contribution in [2.45, 2.75) is 25.7 Å². The number of hydrogen-bond acceptors (Lipinski definition) is 7. The van der Waals surface area contributed by atoms with Gasteiger partial charge in [-0.3, -0.25) is 19.2 Å². The van der Waals surface area contributed by atoms with Crippen LogP contribution >= 0.6 is 0 Å². The predicted octanol–water partition coefficient (Wildman–Crippen LogP) is 3.53. The predicted molar refractivity (Wildman–Crippen MR) is 133 cm³/mol. The van der Waals surface area contributed by atoms with Crippen molar-refractivity contribution in [2.24, 2.45) is 29.1 Å². The van der Waals surface area contributed by atoms with Gasteiger partial charge in [0, 0.05) is 5.92 Å². The smallest absolute Gasteiger partial charge is 0.423 e. The molecule has 2 saturated heterocycles. The molecule has 2 aromatic rings. The third kappa shape index (κ3) is 3.26. The number of ether oxygens (including phenoxy) is 1. The summed E-state index contributed by atoms with van der Waals surface area (Å²) in [6.07, 6.45) is 0.956. The van der Waals surface area contributed by atoms with E-state index in [9.17, 15) is 33.5 Å². The van der Waals surface area contributed by atoms with Crippen LogP contribution in [0.15, 0.2) is 60.2 Å². The number of imide groups is 4. The molecule has 2 heterocycles. The molecule has 5 amide bonds. The number of methoxy groups -OCH3 is 1. The van der Waals surface area contributed by atoms with Gasteiger partial charge >= 0.3 is 6.09 Å². The quantitative estimate of drug-likeness (QED) is 0.464. The zero-order chi connectivity index (χ0) is 27.8. The zero-order valence-electron chi connectivity index (χ0n) is 21.2. The summed E-state index contributed by atoms with van der Waals surface area (Å²) >= 11 is 0. The summed E-state index contributed by atoms with van der Waals surface area (Å²) < 4.78 is 19.3. The van der Waals surface area contributed by atoms with Crippen LogP contribution in [0, 0.1) is 34.9 Å². The second-order valence-corrected chi connectivity index (χ2v) is 10.7. The molecule has 4 aliphatic rings. The molecule has 200 valence electrons. The van der Waals surface area contributed by atoms with Crippen LogP contribution in [-0.4, -0.2) is 46.8 Å². The Balaban J connectivity index is 1.52. The molecule has 0 bridgehead atoms. The summed E-state index contributed by atoms with van der Waals surface area (Å²) in [6, 6.07) is 12.3. The van der Waals surface area contributed by atoms with E-state index in [0.717, 1.165) is 18.1 Å². The van der Waals surface area contributed by atoms with Gasteiger partial charge < -0.3 is 9.84 Å². The van der Waals surface area contributed by atoms with Crippen molar-refractivity contribution in [3.05, 3.63) is 71.6 Å². The van der Waals surface area contributed by atoms with Gasteiger partial charge in [-0.1, -0.05) is 35.9 Å². The maximum absolute atomic E-state index is 14.7. The van der Waals surface area contributed by atoms with Crippen molar-refractivity contribution in [1.29, 1.82) is 0 Å². The topological polar surface area (TPSA) is 121 Å². The molecular formula is C29H25FN2O7. The van der Waals surface area contributed by atoms with E-state index in [1.807, 2.05) is 0 Å². The number of likely N-dealkylation sites (tertiary alicyclic amines) is 1. The lowest BCUT2D eigenvalue weighted by atomic mass is 9.51. The van der Waals surface area contributed by atoms with Gasteiger partial charge in [0.05, 0.1) is 36.0 Å². The fourth-order valence-electron chi connectivity index (χ4n) is 7.19. The van der Waals surface area contributed by atoms with E-state index in [4.69, 9.17) is 0 Å². The van der Waals surface area contributed by atoms with E-state index in [-0.39, 0.29) is 12.8 Å². The van der Waals surface area contributed by atoms with Gasteiger partial charge in [-0.2, -0.15) is 4.90 Å². The molecule has 39 heavy (non-hydrogen) atoms. The molecule has 0 aromatic heterocycles. The minimum atomic E-state index is -1.33. The number of nitrogens with zero attached hydrogens (tertiary/aromatic N) is 2. The number of amides is 5. The number of hydrogen-bond donors (Lipinski definition) is 1. The van der Waals surface area contributed by atoms with E-state index >= 15 is 0 Å². The van der Waals surface area contributed by atoms with E-state index in [1.54, 1.807) is 43.3 Å². The van der Waals surface area contributed by atoms with Crippen molar-refractivity contribution in [2.75, 3.05) is 12.0 Å². The van der Waals surface area contributed by atoms with Gasteiger partial charge in [-0.25, -0.2) is 14.1 Å². The molecule has 9 nitrogen and oxygen atoms in total. The average Bonchev–Trinajstić information content (AvgIpc) is 3.30. The molecule has 2 aliphatic carbocycles. The van der Waals surface area contributed by atoms with Crippen LogP contribution in [0.3, 0.4) is 0 Å². The number of allylic oxidation sites excluding steroid dienone is 2. The van der Waals surface area contributed by atoms with Gasteiger partial charge in [0.2, 0.25) is 23.6 Å². The first-order valence-corrected chi connectivity index (χ1v) is 12.7. The highest BCUT2D eigenvalue weighted by atomic mass is 19.1. The molecule has 6 unspecified atom stereocenters. The van der Waals surface area contributed by atoms with Crippen LogP contribution in [0.4, 0.5) is 14.9 Å². The van der Waals surface area contributed by atoms with E-state index in [0.29, 0.717) is 21.7 Å². The number of para-hydroxylation sites is 1. The van der Waals surface area contributed by atoms with E-state index in [1.165, 1.54) is 12.1 Å². The molecular weight excluding hydrogens is 507 g/mol. The second-order valence-electron chi connectivity index (χ2n) is 10.7. The van der Waals surface area contributed by atoms with Gasteiger partial charge in [0.1, 0.15) is 0 Å². The normalized spacial score (nSPS) is 31.6. The second kappa shape index (κ2) is 8.59. The van der Waals surface area contributed by atoms with E-state index < -0.39 is 76.3 Å². The molecule has 2 aromatic carbocycles. The van der Waals surface area contributed by atoms with Crippen molar-refractivity contribution in [3.8, 4) is 5.75 Å². The Bertz CT molecular complexity index is 1490. The summed E-state index contributed by atoms with van der Waals surface area (Å²) in [5.74, 6) is -7.81. The summed E-state index contributed by atoms with van der Waals surface area (Å²) in [6.45, 7) is 1.68. The Morgan fingerprint density at radius 2 is 1.74 bits per heavy atom. The minimum Gasteiger partial charge on any atom is -0.505 e. The molecule has 1 saturated carbocycles. The number of phenolic OH excluding ortho intramolecular Hbond substituents is 1. The Morgan fingerprint density at radius 3 is 2.41 bits per heavy atom. The Kier molecular flexibility index (Phi) is 5.50. The highest BCUT2D eigenvalue weighted by Crippen LogP contribution is 2.63. The van der Waals surface area contributed by atoms with Crippen LogP contribution in [0.25, 0.3) is 0 Å². The number of carbonyl (C=O) groups excluding carboxylic acids is 5. The number of carbonyl (C=O) groups is 5. The number of rotatable bonds is 2. The molecule has 10 heteroatoms. The lowest BCUT2D eigenvalue weighted by molar-refractivity contribution is -0.138. The van der Waals surface area contributed by atoms with E-state index in [2.05, 4.69) is 4.74 Å². The van der Waals surface area contributed by atoms with Crippen molar-refractivity contribution in [1.82, 2.24) is 4.90 Å². The van der Waals surface area contributed by atoms with Gasteiger partial charge in [0.25, 0.3) is 0 Å². The molecule has 0 spiro atoms. The standard InChI is InChI=1S/C29H25FN2O7/c1-29-19(25(35)31(27(29)37)15-6-4-3-5-7-15)13-18-16(23(29)14-8-11-21(33)20(30)12-14)9-10-17-22(18)26(36)32(24(17)34)28(38)39-2/h3-9,11-12,17-19,22-23,33H,10,13H2,1-2H3. The Labute approximate surface area is 222 Å².